The van der Waals surface area contributed by atoms with E-state index in [0.717, 1.165) is 22.5 Å². The third-order valence-corrected chi connectivity index (χ3v) is 4.42. The van der Waals surface area contributed by atoms with Crippen LogP contribution in [0.1, 0.15) is 42.2 Å². The van der Waals surface area contributed by atoms with Crippen molar-refractivity contribution in [1.82, 2.24) is 30.2 Å². The molecule has 0 aliphatic heterocycles. The lowest BCUT2D eigenvalue weighted by atomic mass is 10.2. The van der Waals surface area contributed by atoms with E-state index in [4.69, 9.17) is 4.52 Å². The van der Waals surface area contributed by atoms with Crippen molar-refractivity contribution in [1.29, 1.82) is 0 Å². The van der Waals surface area contributed by atoms with Gasteiger partial charge in [0, 0.05) is 36.6 Å². The number of carbonyl (C=O) groups is 1. The average Bonchev–Trinajstić information content (AvgIpc) is 3.22. The van der Waals surface area contributed by atoms with Gasteiger partial charge in [-0.05, 0) is 45.4 Å². The molecular weight excluding hydrogens is 332 g/mol. The summed E-state index contributed by atoms with van der Waals surface area (Å²) in [4.78, 5) is 20.5. The van der Waals surface area contributed by atoms with Crippen LogP contribution in [0.3, 0.4) is 0 Å². The van der Waals surface area contributed by atoms with Gasteiger partial charge in [-0.25, -0.2) is 0 Å². The maximum Gasteiger partial charge on any atom is 0.249 e. The Morgan fingerprint density at radius 3 is 2.65 bits per heavy atom. The number of hydrogen-bond donors (Lipinski definition) is 1. The zero-order valence-electron chi connectivity index (χ0n) is 15.4. The third-order valence-electron chi connectivity index (χ3n) is 4.42. The highest BCUT2D eigenvalue weighted by molar-refractivity contribution is 5.76. The van der Waals surface area contributed by atoms with E-state index >= 15 is 0 Å². The summed E-state index contributed by atoms with van der Waals surface area (Å²) in [5.41, 5.74) is 4.05. The van der Waals surface area contributed by atoms with Gasteiger partial charge in [0.25, 0.3) is 0 Å². The molecule has 136 valence electrons. The SMILES string of the molecule is Cc1nn(CCC(=O)N[C@H](C)c2nc(-c3ccncc3)no2)c(C)c1C. The second-order valence-corrected chi connectivity index (χ2v) is 6.25. The van der Waals surface area contributed by atoms with Crippen molar-refractivity contribution in [3.05, 3.63) is 47.4 Å². The lowest BCUT2D eigenvalue weighted by molar-refractivity contribution is -0.122. The fourth-order valence-electron chi connectivity index (χ4n) is 2.62. The summed E-state index contributed by atoms with van der Waals surface area (Å²) < 4.78 is 7.13. The number of pyridine rings is 1. The molecule has 0 fully saturated rings. The normalized spacial score (nSPS) is 12.2. The largest absolute Gasteiger partial charge is 0.345 e. The summed E-state index contributed by atoms with van der Waals surface area (Å²) in [6.07, 6.45) is 3.66. The topological polar surface area (TPSA) is 98.7 Å². The Bertz CT molecular complexity index is 900. The molecule has 3 aromatic rings. The van der Waals surface area contributed by atoms with E-state index in [9.17, 15) is 4.79 Å². The summed E-state index contributed by atoms with van der Waals surface area (Å²) >= 11 is 0. The van der Waals surface area contributed by atoms with Gasteiger partial charge in [-0.1, -0.05) is 5.16 Å². The Morgan fingerprint density at radius 2 is 2.00 bits per heavy atom. The second-order valence-electron chi connectivity index (χ2n) is 6.25. The molecule has 0 unspecified atom stereocenters. The van der Waals surface area contributed by atoms with E-state index in [1.54, 1.807) is 24.5 Å². The van der Waals surface area contributed by atoms with Gasteiger partial charge in [0.15, 0.2) is 0 Å². The molecule has 0 aliphatic rings. The smallest absolute Gasteiger partial charge is 0.249 e. The van der Waals surface area contributed by atoms with Gasteiger partial charge in [-0.2, -0.15) is 10.1 Å². The summed E-state index contributed by atoms with van der Waals surface area (Å²) in [7, 11) is 0. The van der Waals surface area contributed by atoms with Crippen molar-refractivity contribution in [2.45, 2.75) is 46.7 Å². The molecule has 1 amide bonds. The van der Waals surface area contributed by atoms with Gasteiger partial charge >= 0.3 is 0 Å². The van der Waals surface area contributed by atoms with E-state index in [-0.39, 0.29) is 11.9 Å². The minimum Gasteiger partial charge on any atom is -0.345 e. The molecule has 8 heteroatoms. The zero-order chi connectivity index (χ0) is 18.7. The minimum absolute atomic E-state index is 0.0913. The van der Waals surface area contributed by atoms with E-state index in [2.05, 4.69) is 25.5 Å². The molecule has 1 atom stereocenters. The van der Waals surface area contributed by atoms with Crippen LogP contribution in [0.25, 0.3) is 11.4 Å². The van der Waals surface area contributed by atoms with Crippen LogP contribution in [0.4, 0.5) is 0 Å². The van der Waals surface area contributed by atoms with Crippen LogP contribution in [-0.4, -0.2) is 30.8 Å². The van der Waals surface area contributed by atoms with Crippen molar-refractivity contribution in [3.8, 4) is 11.4 Å². The fraction of sp³-hybridized carbons (Fsp3) is 0.389. The third kappa shape index (κ3) is 3.79. The van der Waals surface area contributed by atoms with Gasteiger partial charge in [0.1, 0.15) is 6.04 Å². The Kier molecular flexibility index (Phi) is 5.11. The Hall–Kier alpha value is -3.03. The maximum absolute atomic E-state index is 12.2. The molecule has 0 spiro atoms. The molecule has 0 radical (unpaired) electrons. The summed E-state index contributed by atoms with van der Waals surface area (Å²) in [6, 6.07) is 3.23. The lowest BCUT2D eigenvalue weighted by Gasteiger charge is -2.10. The number of nitrogens with one attached hydrogen (secondary N) is 1. The van der Waals surface area contributed by atoms with Crippen molar-refractivity contribution < 1.29 is 9.32 Å². The standard InChI is InChI=1S/C18H22N6O2/c1-11-12(2)22-24(14(11)4)10-7-16(25)20-13(3)18-21-17(23-26-18)15-5-8-19-9-6-15/h5-6,8-9,13H,7,10H2,1-4H3,(H,20,25)/t13-/m1/s1. The van der Waals surface area contributed by atoms with E-state index < -0.39 is 0 Å². The highest BCUT2D eigenvalue weighted by Gasteiger charge is 2.18. The van der Waals surface area contributed by atoms with E-state index in [1.165, 1.54) is 0 Å². The van der Waals surface area contributed by atoms with Crippen molar-refractivity contribution in [2.24, 2.45) is 0 Å². The minimum atomic E-state index is -0.368. The van der Waals surface area contributed by atoms with Crippen LogP contribution in [0.15, 0.2) is 29.0 Å². The quantitative estimate of drug-likeness (QED) is 0.730. The van der Waals surface area contributed by atoms with Gasteiger partial charge in [-0.3, -0.25) is 14.5 Å². The van der Waals surface area contributed by atoms with Gasteiger partial charge in [0.2, 0.25) is 17.6 Å². The van der Waals surface area contributed by atoms with Gasteiger partial charge in [0.05, 0.1) is 5.69 Å². The number of carbonyl (C=O) groups excluding carboxylic acids is 1. The van der Waals surface area contributed by atoms with Crippen LogP contribution in [0.2, 0.25) is 0 Å². The zero-order valence-corrected chi connectivity index (χ0v) is 15.4. The van der Waals surface area contributed by atoms with Crippen LogP contribution >= 0.6 is 0 Å². The number of hydrogen-bond acceptors (Lipinski definition) is 6. The molecule has 8 nitrogen and oxygen atoms in total. The van der Waals surface area contributed by atoms with Gasteiger partial charge in [-0.15, -0.1) is 0 Å². The number of amides is 1. The van der Waals surface area contributed by atoms with Crippen molar-refractivity contribution in [2.75, 3.05) is 0 Å². The maximum atomic E-state index is 12.2. The Labute approximate surface area is 151 Å². The van der Waals surface area contributed by atoms with Crippen LogP contribution in [0.5, 0.6) is 0 Å². The predicted octanol–water partition coefficient (Wildman–Crippen LogP) is 2.52. The van der Waals surface area contributed by atoms with Crippen LogP contribution in [-0.2, 0) is 11.3 Å². The molecule has 0 saturated heterocycles. The summed E-state index contributed by atoms with van der Waals surface area (Å²) in [5, 5.41) is 11.3. The first-order valence-electron chi connectivity index (χ1n) is 8.49. The summed E-state index contributed by atoms with van der Waals surface area (Å²) in [6.45, 7) is 8.36. The first-order valence-corrected chi connectivity index (χ1v) is 8.49. The molecule has 3 heterocycles. The van der Waals surface area contributed by atoms with Crippen molar-refractivity contribution >= 4 is 5.91 Å². The molecule has 0 aliphatic carbocycles. The molecule has 3 rings (SSSR count). The Balaban J connectivity index is 1.57. The number of nitrogens with zero attached hydrogens (tertiary/aromatic N) is 5. The average molecular weight is 354 g/mol. The lowest BCUT2D eigenvalue weighted by Crippen LogP contribution is -2.28. The second kappa shape index (κ2) is 7.47. The highest BCUT2D eigenvalue weighted by Crippen LogP contribution is 2.18. The molecule has 0 bridgehead atoms. The van der Waals surface area contributed by atoms with E-state index in [0.29, 0.717) is 24.7 Å². The monoisotopic (exact) mass is 354 g/mol. The number of rotatable bonds is 6. The van der Waals surface area contributed by atoms with E-state index in [1.807, 2.05) is 32.4 Å². The first kappa shape index (κ1) is 17.8. The molecule has 0 aromatic carbocycles. The molecular formula is C18H22N6O2. The highest BCUT2D eigenvalue weighted by atomic mass is 16.5. The molecule has 3 aromatic heterocycles. The fourth-order valence-corrected chi connectivity index (χ4v) is 2.62. The van der Waals surface area contributed by atoms with Crippen LogP contribution < -0.4 is 5.32 Å². The Morgan fingerprint density at radius 1 is 1.27 bits per heavy atom. The molecule has 26 heavy (non-hydrogen) atoms. The van der Waals surface area contributed by atoms with Gasteiger partial charge < -0.3 is 9.84 Å². The van der Waals surface area contributed by atoms with Crippen molar-refractivity contribution in [3.63, 3.8) is 0 Å². The number of aryl methyl sites for hydroxylation is 2. The first-order chi connectivity index (χ1) is 12.5. The molecule has 1 N–H and O–H groups in total. The summed E-state index contributed by atoms with van der Waals surface area (Å²) in [5.74, 6) is 0.750. The predicted molar refractivity (Wildman–Crippen MR) is 95.1 cm³/mol. The number of aromatic nitrogens is 5. The van der Waals surface area contributed by atoms with Crippen LogP contribution in [0, 0.1) is 20.8 Å². The molecule has 0 saturated carbocycles.